The third kappa shape index (κ3) is 5.59. The van der Waals surface area contributed by atoms with Crippen LogP contribution in [-0.2, 0) is 13.0 Å². The average molecular weight is 581 g/mol. The third-order valence-electron chi connectivity index (χ3n) is 7.05. The Morgan fingerprint density at radius 1 is 1.00 bits per heavy atom. The van der Waals surface area contributed by atoms with E-state index in [0.29, 0.717) is 57.9 Å². The molecule has 0 saturated heterocycles. The Bertz CT molecular complexity index is 2100. The number of para-hydroxylation sites is 2. The molecule has 0 atom stereocenters. The van der Waals surface area contributed by atoms with Gasteiger partial charge in [-0.2, -0.15) is 15.0 Å². The SMILES string of the molecule is C=CCc1cc(C=Nn2c(-c3cc4ccccc4o3)nc3ccccc3c2=O)cc(OCC)c1OCc1ccccc1C#N. The number of rotatable bonds is 10. The second-order valence-corrected chi connectivity index (χ2v) is 9.95. The lowest BCUT2D eigenvalue weighted by Gasteiger charge is -2.17. The Hall–Kier alpha value is -5.94. The van der Waals surface area contributed by atoms with Gasteiger partial charge in [0.05, 0.1) is 35.4 Å². The van der Waals surface area contributed by atoms with Gasteiger partial charge in [-0.15, -0.1) is 6.58 Å². The van der Waals surface area contributed by atoms with Gasteiger partial charge in [-0.1, -0.05) is 54.6 Å². The highest BCUT2D eigenvalue weighted by Gasteiger charge is 2.18. The highest BCUT2D eigenvalue weighted by Crippen LogP contribution is 2.35. The quantitative estimate of drug-likeness (QED) is 0.125. The van der Waals surface area contributed by atoms with Crippen LogP contribution in [0.2, 0.25) is 0 Å². The number of aromatic nitrogens is 2. The summed E-state index contributed by atoms with van der Waals surface area (Å²) in [5.41, 5.74) is 3.74. The summed E-state index contributed by atoms with van der Waals surface area (Å²) in [6.07, 6.45) is 3.87. The molecule has 0 radical (unpaired) electrons. The van der Waals surface area contributed by atoms with Gasteiger partial charge in [0.15, 0.2) is 17.3 Å². The van der Waals surface area contributed by atoms with E-state index in [1.807, 2.05) is 73.7 Å². The summed E-state index contributed by atoms with van der Waals surface area (Å²) in [6, 6.07) is 29.9. The summed E-state index contributed by atoms with van der Waals surface area (Å²) in [7, 11) is 0. The number of fused-ring (bicyclic) bond motifs is 2. The van der Waals surface area contributed by atoms with E-state index in [1.54, 1.807) is 36.6 Å². The van der Waals surface area contributed by atoms with Gasteiger partial charge in [0.2, 0.25) is 5.82 Å². The molecule has 0 N–H and O–H groups in total. The van der Waals surface area contributed by atoms with Crippen LogP contribution in [0.4, 0.5) is 0 Å². The van der Waals surface area contributed by atoms with Crippen molar-refractivity contribution in [3.63, 3.8) is 0 Å². The molecule has 8 nitrogen and oxygen atoms in total. The Labute approximate surface area is 253 Å². The van der Waals surface area contributed by atoms with Crippen LogP contribution >= 0.6 is 0 Å². The van der Waals surface area contributed by atoms with E-state index >= 15 is 0 Å². The summed E-state index contributed by atoms with van der Waals surface area (Å²) in [6.45, 7) is 6.40. The van der Waals surface area contributed by atoms with Gasteiger partial charge >= 0.3 is 0 Å². The molecule has 4 aromatic carbocycles. The minimum Gasteiger partial charge on any atom is -0.490 e. The van der Waals surface area contributed by atoms with E-state index in [4.69, 9.17) is 18.9 Å². The number of benzene rings is 4. The second kappa shape index (κ2) is 12.5. The fourth-order valence-corrected chi connectivity index (χ4v) is 5.00. The largest absolute Gasteiger partial charge is 0.490 e. The molecule has 0 aliphatic rings. The molecule has 8 heteroatoms. The standard InChI is InChI=1S/C36H28N4O4/c1-3-11-26-18-24(19-32(42-4-2)34(26)43-23-28-14-6-5-13-27(28)21-37)22-38-40-35(33-20-25-12-7-10-17-31(25)44-33)39-30-16-9-8-15-29(30)36(40)41/h3,5-10,12-20,22H,1,4,11,23H2,2H3. The molecule has 6 aromatic rings. The summed E-state index contributed by atoms with van der Waals surface area (Å²) < 4.78 is 19.6. The first-order chi connectivity index (χ1) is 21.6. The van der Waals surface area contributed by atoms with Crippen molar-refractivity contribution >= 4 is 28.1 Å². The van der Waals surface area contributed by atoms with Gasteiger partial charge < -0.3 is 13.9 Å². The molecule has 6 rings (SSSR count). The molecule has 0 aliphatic heterocycles. The van der Waals surface area contributed by atoms with E-state index < -0.39 is 0 Å². The topological polar surface area (TPSA) is 103 Å². The third-order valence-corrected chi connectivity index (χ3v) is 7.05. The molecule has 0 fully saturated rings. The van der Waals surface area contributed by atoms with Crippen LogP contribution in [0.5, 0.6) is 11.5 Å². The lowest BCUT2D eigenvalue weighted by Crippen LogP contribution is -2.20. The Morgan fingerprint density at radius 2 is 1.80 bits per heavy atom. The van der Waals surface area contributed by atoms with Crippen LogP contribution in [0.15, 0.2) is 118 Å². The maximum absolute atomic E-state index is 13.7. The van der Waals surface area contributed by atoms with Gasteiger partial charge in [-0.3, -0.25) is 4.79 Å². The Kier molecular flexibility index (Phi) is 8.02. The zero-order chi connectivity index (χ0) is 30.5. The highest BCUT2D eigenvalue weighted by atomic mass is 16.5. The average Bonchev–Trinajstić information content (AvgIpc) is 3.49. The molecule has 0 spiro atoms. The van der Waals surface area contributed by atoms with E-state index in [-0.39, 0.29) is 18.0 Å². The van der Waals surface area contributed by atoms with Crippen LogP contribution in [0.25, 0.3) is 33.5 Å². The fourth-order valence-electron chi connectivity index (χ4n) is 5.00. The van der Waals surface area contributed by atoms with Gasteiger partial charge in [0.25, 0.3) is 5.56 Å². The molecule has 0 aliphatic carbocycles. The minimum atomic E-state index is -0.324. The summed E-state index contributed by atoms with van der Waals surface area (Å²) in [5, 5.41) is 15.4. The van der Waals surface area contributed by atoms with Gasteiger partial charge in [-0.25, -0.2) is 4.98 Å². The van der Waals surface area contributed by atoms with Crippen molar-refractivity contribution in [2.24, 2.45) is 5.10 Å². The maximum atomic E-state index is 13.7. The van der Waals surface area contributed by atoms with Crippen LogP contribution in [-0.4, -0.2) is 22.5 Å². The normalized spacial score (nSPS) is 11.2. The molecule has 0 unspecified atom stereocenters. The smallest absolute Gasteiger partial charge is 0.282 e. The molecular formula is C36H28N4O4. The number of furan rings is 1. The lowest BCUT2D eigenvalue weighted by atomic mass is 10.1. The van der Waals surface area contributed by atoms with Crippen molar-refractivity contribution in [1.29, 1.82) is 5.26 Å². The molecule has 2 aromatic heterocycles. The van der Waals surface area contributed by atoms with Crippen molar-refractivity contribution in [2.75, 3.05) is 6.61 Å². The van der Waals surface area contributed by atoms with Crippen LogP contribution in [0, 0.1) is 11.3 Å². The molecule has 0 bridgehead atoms. The summed E-state index contributed by atoms with van der Waals surface area (Å²) in [4.78, 5) is 18.5. The van der Waals surface area contributed by atoms with E-state index in [0.717, 1.165) is 16.5 Å². The van der Waals surface area contributed by atoms with E-state index in [2.05, 4.69) is 17.7 Å². The predicted octanol–water partition coefficient (Wildman–Crippen LogP) is 7.27. The molecular weight excluding hydrogens is 552 g/mol. The maximum Gasteiger partial charge on any atom is 0.282 e. The van der Waals surface area contributed by atoms with Crippen LogP contribution in [0.1, 0.15) is 29.2 Å². The molecule has 2 heterocycles. The minimum absolute atomic E-state index is 0.195. The zero-order valence-electron chi connectivity index (χ0n) is 24.1. The first-order valence-corrected chi connectivity index (χ1v) is 14.2. The Balaban J connectivity index is 1.43. The number of nitrogens with zero attached hydrogens (tertiary/aromatic N) is 4. The molecule has 216 valence electrons. The number of ether oxygens (including phenoxy) is 2. The first kappa shape index (κ1) is 28.2. The lowest BCUT2D eigenvalue weighted by molar-refractivity contribution is 0.267. The van der Waals surface area contributed by atoms with Crippen molar-refractivity contribution in [2.45, 2.75) is 20.0 Å². The summed E-state index contributed by atoms with van der Waals surface area (Å²) >= 11 is 0. The molecule has 44 heavy (non-hydrogen) atoms. The zero-order valence-corrected chi connectivity index (χ0v) is 24.1. The van der Waals surface area contributed by atoms with Crippen LogP contribution in [0.3, 0.4) is 0 Å². The molecule has 0 saturated carbocycles. The number of nitriles is 1. The first-order valence-electron chi connectivity index (χ1n) is 14.2. The van der Waals surface area contributed by atoms with Crippen molar-refractivity contribution in [3.8, 4) is 29.2 Å². The van der Waals surface area contributed by atoms with Gasteiger partial charge in [0, 0.05) is 16.5 Å². The molecule has 0 amide bonds. The van der Waals surface area contributed by atoms with Gasteiger partial charge in [0.1, 0.15) is 12.2 Å². The van der Waals surface area contributed by atoms with Crippen molar-refractivity contribution in [3.05, 3.63) is 136 Å². The fraction of sp³-hybridized carbons (Fsp3) is 0.111. The predicted molar refractivity (Wildman–Crippen MR) is 171 cm³/mol. The number of hydrogen-bond acceptors (Lipinski definition) is 7. The number of hydrogen-bond donors (Lipinski definition) is 0. The van der Waals surface area contributed by atoms with Crippen LogP contribution < -0.4 is 15.0 Å². The highest BCUT2D eigenvalue weighted by molar-refractivity contribution is 5.85. The second-order valence-electron chi connectivity index (χ2n) is 9.95. The van der Waals surface area contributed by atoms with Crippen molar-refractivity contribution < 1.29 is 13.9 Å². The van der Waals surface area contributed by atoms with E-state index in [9.17, 15) is 10.1 Å². The van der Waals surface area contributed by atoms with E-state index in [1.165, 1.54) is 4.68 Å². The monoisotopic (exact) mass is 580 g/mol. The number of allylic oxidation sites excluding steroid dienone is 1. The Morgan fingerprint density at radius 3 is 2.61 bits per heavy atom. The summed E-state index contributed by atoms with van der Waals surface area (Å²) in [5.74, 6) is 1.79. The van der Waals surface area contributed by atoms with Gasteiger partial charge in [-0.05, 0) is 61.4 Å². The van der Waals surface area contributed by atoms with Crippen molar-refractivity contribution in [1.82, 2.24) is 9.66 Å².